The zero-order chi connectivity index (χ0) is 17.5. The summed E-state index contributed by atoms with van der Waals surface area (Å²) in [5.41, 5.74) is 1.92. The molecule has 0 fully saturated rings. The summed E-state index contributed by atoms with van der Waals surface area (Å²) in [6.45, 7) is 0.633. The minimum absolute atomic E-state index is 0.123. The standard InChI is InChI=1S/C20H21FN2OSe/c21-16-8-10-17(11-9-16)25-19-7-2-1-5-15(19)12-14-23-20(24)18-6-3-4-13-22-18/h3-4,6,8-11,13H,1-2,5,7,12,14H2,(H,23,24). The Hall–Kier alpha value is -1.97. The van der Waals surface area contributed by atoms with Crippen molar-refractivity contribution in [3.8, 4) is 0 Å². The number of carbonyl (C=O) groups excluding carboxylic acids is 1. The Morgan fingerprint density at radius 1 is 1.12 bits per heavy atom. The van der Waals surface area contributed by atoms with Gasteiger partial charge in [-0.3, -0.25) is 0 Å². The van der Waals surface area contributed by atoms with E-state index in [-0.39, 0.29) is 26.7 Å². The van der Waals surface area contributed by atoms with Crippen LogP contribution >= 0.6 is 0 Å². The number of pyridine rings is 1. The molecule has 3 nitrogen and oxygen atoms in total. The van der Waals surface area contributed by atoms with Gasteiger partial charge in [0.2, 0.25) is 0 Å². The van der Waals surface area contributed by atoms with Crippen molar-refractivity contribution < 1.29 is 9.18 Å². The third kappa shape index (κ3) is 5.25. The third-order valence-electron chi connectivity index (χ3n) is 4.19. The predicted octanol–water partition coefficient (Wildman–Crippen LogP) is 3.20. The molecule has 0 saturated heterocycles. The van der Waals surface area contributed by atoms with Gasteiger partial charge in [0.1, 0.15) is 0 Å². The Bertz CT molecular complexity index is 744. The summed E-state index contributed by atoms with van der Waals surface area (Å²) in [6.07, 6.45) is 7.19. The maximum atomic E-state index is 13.1. The first-order valence-electron chi connectivity index (χ1n) is 8.56. The summed E-state index contributed by atoms with van der Waals surface area (Å²) in [7, 11) is 0. The van der Waals surface area contributed by atoms with E-state index in [1.165, 1.54) is 39.5 Å². The van der Waals surface area contributed by atoms with E-state index in [0.29, 0.717) is 12.2 Å². The number of halogens is 1. The van der Waals surface area contributed by atoms with Crippen LogP contribution in [0.5, 0.6) is 0 Å². The van der Waals surface area contributed by atoms with Gasteiger partial charge in [-0.25, -0.2) is 0 Å². The normalized spacial score (nSPS) is 14.4. The number of amides is 1. The first-order valence-corrected chi connectivity index (χ1v) is 10.3. The molecule has 1 aliphatic rings. The van der Waals surface area contributed by atoms with Gasteiger partial charge in [0, 0.05) is 0 Å². The summed E-state index contributed by atoms with van der Waals surface area (Å²) in [6, 6.07) is 12.2. The van der Waals surface area contributed by atoms with Gasteiger partial charge in [0.15, 0.2) is 0 Å². The van der Waals surface area contributed by atoms with Crippen molar-refractivity contribution in [2.75, 3.05) is 6.54 Å². The summed E-state index contributed by atoms with van der Waals surface area (Å²) in [5, 5.41) is 2.96. The second kappa shape index (κ2) is 8.93. The van der Waals surface area contributed by atoms with Crippen LogP contribution in [0.3, 0.4) is 0 Å². The molecule has 0 atom stereocenters. The molecule has 1 aromatic carbocycles. The number of nitrogens with zero attached hydrogens (tertiary/aromatic N) is 1. The van der Waals surface area contributed by atoms with E-state index in [4.69, 9.17) is 0 Å². The first kappa shape index (κ1) is 17.8. The van der Waals surface area contributed by atoms with Crippen molar-refractivity contribution in [3.63, 3.8) is 0 Å². The molecule has 3 rings (SSSR count). The van der Waals surface area contributed by atoms with Crippen molar-refractivity contribution in [2.24, 2.45) is 0 Å². The molecular formula is C20H21FN2OSe. The van der Waals surface area contributed by atoms with Crippen LogP contribution in [-0.4, -0.2) is 32.4 Å². The molecule has 0 unspecified atom stereocenters. The van der Waals surface area contributed by atoms with Crippen LogP contribution in [-0.2, 0) is 0 Å². The second-order valence-corrected chi connectivity index (χ2v) is 8.46. The van der Waals surface area contributed by atoms with Crippen molar-refractivity contribution >= 4 is 25.3 Å². The molecule has 5 heteroatoms. The first-order chi connectivity index (χ1) is 12.2. The molecule has 25 heavy (non-hydrogen) atoms. The quantitative estimate of drug-likeness (QED) is 0.753. The summed E-state index contributed by atoms with van der Waals surface area (Å²) < 4.78 is 15.8. The Morgan fingerprint density at radius 2 is 1.92 bits per heavy atom. The Morgan fingerprint density at radius 3 is 2.68 bits per heavy atom. The van der Waals surface area contributed by atoms with Gasteiger partial charge in [0.05, 0.1) is 0 Å². The molecule has 2 aromatic rings. The zero-order valence-electron chi connectivity index (χ0n) is 14.0. The van der Waals surface area contributed by atoms with E-state index >= 15 is 0 Å². The van der Waals surface area contributed by atoms with E-state index in [2.05, 4.69) is 10.3 Å². The average Bonchev–Trinajstić information content (AvgIpc) is 2.65. The SMILES string of the molecule is O=C(NCCC1=C([Se]c2ccc(F)cc2)CCCC1)c1ccccn1. The number of carbonyl (C=O) groups is 1. The topological polar surface area (TPSA) is 42.0 Å². The molecule has 1 aromatic heterocycles. The van der Waals surface area contributed by atoms with Crippen molar-refractivity contribution in [1.29, 1.82) is 0 Å². The number of allylic oxidation sites excluding steroid dienone is 1. The van der Waals surface area contributed by atoms with Crippen molar-refractivity contribution in [3.05, 3.63) is 70.2 Å². The van der Waals surface area contributed by atoms with E-state index in [0.717, 1.165) is 19.3 Å². The Labute approximate surface area is 153 Å². The molecule has 0 spiro atoms. The number of hydrogen-bond acceptors (Lipinski definition) is 2. The number of aromatic nitrogens is 1. The summed E-state index contributed by atoms with van der Waals surface area (Å²) in [5.74, 6) is -0.308. The van der Waals surface area contributed by atoms with E-state index in [1.54, 1.807) is 18.3 Å². The number of nitrogens with one attached hydrogen (secondary N) is 1. The van der Waals surface area contributed by atoms with Gasteiger partial charge >= 0.3 is 154 Å². The van der Waals surface area contributed by atoms with Crippen LogP contribution in [0.25, 0.3) is 0 Å². The van der Waals surface area contributed by atoms with E-state index in [9.17, 15) is 9.18 Å². The molecule has 0 bridgehead atoms. The number of rotatable bonds is 6. The van der Waals surface area contributed by atoms with Gasteiger partial charge < -0.3 is 0 Å². The van der Waals surface area contributed by atoms with Gasteiger partial charge in [-0.2, -0.15) is 0 Å². The molecular weight excluding hydrogens is 382 g/mol. The van der Waals surface area contributed by atoms with E-state index < -0.39 is 0 Å². The van der Waals surface area contributed by atoms with Gasteiger partial charge in [0.25, 0.3) is 0 Å². The third-order valence-corrected chi connectivity index (χ3v) is 6.81. The average molecular weight is 403 g/mol. The van der Waals surface area contributed by atoms with Crippen molar-refractivity contribution in [2.45, 2.75) is 32.1 Å². The fraction of sp³-hybridized carbons (Fsp3) is 0.300. The molecule has 1 aliphatic carbocycles. The van der Waals surface area contributed by atoms with Crippen LogP contribution in [0, 0.1) is 5.82 Å². The van der Waals surface area contributed by atoms with Crippen molar-refractivity contribution in [1.82, 2.24) is 10.3 Å². The molecule has 0 radical (unpaired) electrons. The monoisotopic (exact) mass is 404 g/mol. The fourth-order valence-corrected chi connectivity index (χ4v) is 5.30. The Kier molecular flexibility index (Phi) is 6.37. The maximum absolute atomic E-state index is 13.1. The molecule has 1 N–H and O–H groups in total. The van der Waals surface area contributed by atoms with E-state index in [1.807, 2.05) is 18.2 Å². The molecule has 0 aliphatic heterocycles. The summed E-state index contributed by atoms with van der Waals surface area (Å²) >= 11 is 0.244. The Balaban J connectivity index is 1.59. The van der Waals surface area contributed by atoms with Crippen LogP contribution in [0.1, 0.15) is 42.6 Å². The molecule has 1 heterocycles. The minimum atomic E-state index is -0.186. The van der Waals surface area contributed by atoms with Crippen LogP contribution < -0.4 is 9.78 Å². The van der Waals surface area contributed by atoms with Gasteiger partial charge in [-0.1, -0.05) is 0 Å². The summed E-state index contributed by atoms with van der Waals surface area (Å²) in [4.78, 5) is 16.1. The predicted molar refractivity (Wildman–Crippen MR) is 98.5 cm³/mol. The van der Waals surface area contributed by atoms with Crippen LogP contribution in [0.4, 0.5) is 4.39 Å². The van der Waals surface area contributed by atoms with Crippen LogP contribution in [0.2, 0.25) is 0 Å². The fourth-order valence-electron chi connectivity index (χ4n) is 2.89. The molecule has 130 valence electrons. The molecule has 0 saturated carbocycles. The van der Waals surface area contributed by atoms with Gasteiger partial charge in [-0.05, 0) is 0 Å². The second-order valence-electron chi connectivity index (χ2n) is 6.01. The zero-order valence-corrected chi connectivity index (χ0v) is 15.7. The number of benzene rings is 1. The van der Waals surface area contributed by atoms with Gasteiger partial charge in [-0.15, -0.1) is 0 Å². The number of hydrogen-bond donors (Lipinski definition) is 1. The van der Waals surface area contributed by atoms with Crippen LogP contribution in [0.15, 0.2) is 58.7 Å². The molecule has 1 amide bonds.